The Balaban J connectivity index is 2.04. The number of hydrogen-bond acceptors (Lipinski definition) is 4. The first-order valence-corrected chi connectivity index (χ1v) is 6.29. The van der Waals surface area contributed by atoms with E-state index in [0.29, 0.717) is 5.56 Å². The molecule has 0 radical (unpaired) electrons. The fraction of sp³-hybridized carbons (Fsp3) is 0.214. The van der Waals surface area contributed by atoms with Gasteiger partial charge in [-0.15, -0.1) is 0 Å². The Kier molecular flexibility index (Phi) is 4.34. The smallest absolute Gasteiger partial charge is 0.353 e. The highest BCUT2D eigenvalue weighted by molar-refractivity contribution is 6.04. The number of anilines is 1. The topological polar surface area (TPSA) is 98.3 Å². The molecule has 7 nitrogen and oxygen atoms in total. The summed E-state index contributed by atoms with van der Waals surface area (Å²) in [5.74, 6) is -1.29. The van der Waals surface area contributed by atoms with Crippen molar-refractivity contribution in [2.75, 3.05) is 19.4 Å². The minimum atomic E-state index is -1.13. The molecule has 0 aliphatic carbocycles. The highest BCUT2D eigenvalue weighted by atomic mass is 16.4. The fourth-order valence-corrected chi connectivity index (χ4v) is 1.81. The van der Waals surface area contributed by atoms with E-state index in [1.807, 2.05) is 31.1 Å². The lowest BCUT2D eigenvalue weighted by Crippen LogP contribution is -2.13. The second kappa shape index (κ2) is 6.19. The lowest BCUT2D eigenvalue weighted by molar-refractivity contribution is 0.0690. The Bertz CT molecular complexity index is 646. The number of carbonyl (C=O) groups excluding carboxylic acids is 1. The van der Waals surface area contributed by atoms with Gasteiger partial charge in [0.25, 0.3) is 5.91 Å². The number of rotatable bonds is 5. The molecule has 110 valence electrons. The van der Waals surface area contributed by atoms with E-state index in [0.717, 1.165) is 12.1 Å². The van der Waals surface area contributed by atoms with Gasteiger partial charge < -0.3 is 15.3 Å². The van der Waals surface area contributed by atoms with E-state index in [2.05, 4.69) is 15.5 Å². The molecule has 0 bridgehead atoms. The SMILES string of the molecule is CN(C)Cc1ccc(C(=O)Nc2cc(C(=O)O)[nH]n2)cc1. The molecular formula is C14H16N4O3. The molecule has 21 heavy (non-hydrogen) atoms. The average molecular weight is 288 g/mol. The number of nitrogens with one attached hydrogen (secondary N) is 2. The Morgan fingerprint density at radius 2 is 1.95 bits per heavy atom. The molecule has 0 saturated carbocycles. The number of carboxylic acids is 1. The maximum absolute atomic E-state index is 12.0. The van der Waals surface area contributed by atoms with Crippen LogP contribution in [0.1, 0.15) is 26.4 Å². The van der Waals surface area contributed by atoms with Gasteiger partial charge in [0.2, 0.25) is 0 Å². The number of H-pyrrole nitrogens is 1. The third-order valence-corrected chi connectivity index (χ3v) is 2.76. The molecule has 0 aliphatic rings. The van der Waals surface area contributed by atoms with E-state index in [4.69, 9.17) is 5.11 Å². The van der Waals surface area contributed by atoms with Gasteiger partial charge in [-0.1, -0.05) is 12.1 Å². The zero-order valence-corrected chi connectivity index (χ0v) is 11.8. The van der Waals surface area contributed by atoms with Crippen LogP contribution in [0.2, 0.25) is 0 Å². The number of aromatic nitrogens is 2. The molecule has 2 rings (SSSR count). The number of amides is 1. The van der Waals surface area contributed by atoms with Crippen LogP contribution in [0.5, 0.6) is 0 Å². The number of aromatic carboxylic acids is 1. The Hall–Kier alpha value is -2.67. The summed E-state index contributed by atoms with van der Waals surface area (Å²) in [6.45, 7) is 0.795. The lowest BCUT2D eigenvalue weighted by atomic mass is 10.1. The van der Waals surface area contributed by atoms with Gasteiger partial charge in [-0.25, -0.2) is 4.79 Å². The minimum absolute atomic E-state index is 0.0772. The molecule has 0 fully saturated rings. The Morgan fingerprint density at radius 1 is 1.29 bits per heavy atom. The molecule has 1 heterocycles. The first kappa shape index (κ1) is 14.7. The largest absolute Gasteiger partial charge is 0.477 e. The van der Waals surface area contributed by atoms with Crippen molar-refractivity contribution in [1.29, 1.82) is 0 Å². The molecule has 1 aromatic carbocycles. The quantitative estimate of drug-likeness (QED) is 0.773. The average Bonchev–Trinajstić information content (AvgIpc) is 2.87. The highest BCUT2D eigenvalue weighted by Gasteiger charge is 2.11. The van der Waals surface area contributed by atoms with Crippen LogP contribution in [0, 0.1) is 0 Å². The van der Waals surface area contributed by atoms with Gasteiger partial charge >= 0.3 is 5.97 Å². The van der Waals surface area contributed by atoms with E-state index in [-0.39, 0.29) is 17.4 Å². The standard InChI is InChI=1S/C14H16N4O3/c1-18(2)8-9-3-5-10(6-4-9)13(19)15-12-7-11(14(20)21)16-17-12/h3-7H,8H2,1-2H3,(H,20,21)(H2,15,16,17,19). The van der Waals surface area contributed by atoms with E-state index >= 15 is 0 Å². The van der Waals surface area contributed by atoms with Crippen LogP contribution >= 0.6 is 0 Å². The normalized spacial score (nSPS) is 10.6. The van der Waals surface area contributed by atoms with E-state index < -0.39 is 5.97 Å². The summed E-state index contributed by atoms with van der Waals surface area (Å²) in [5, 5.41) is 17.3. The fourth-order valence-electron chi connectivity index (χ4n) is 1.81. The Labute approximate surface area is 121 Å². The Morgan fingerprint density at radius 3 is 2.48 bits per heavy atom. The van der Waals surface area contributed by atoms with Crippen molar-refractivity contribution in [3.05, 3.63) is 47.2 Å². The predicted molar refractivity (Wildman–Crippen MR) is 77.3 cm³/mol. The van der Waals surface area contributed by atoms with Crippen molar-refractivity contribution in [2.45, 2.75) is 6.54 Å². The van der Waals surface area contributed by atoms with Crippen LogP contribution < -0.4 is 5.32 Å². The van der Waals surface area contributed by atoms with Crippen molar-refractivity contribution < 1.29 is 14.7 Å². The van der Waals surface area contributed by atoms with Crippen molar-refractivity contribution in [3.8, 4) is 0 Å². The summed E-state index contributed by atoms with van der Waals surface area (Å²) in [7, 11) is 3.94. The van der Waals surface area contributed by atoms with Crippen LogP contribution in [0.15, 0.2) is 30.3 Å². The molecule has 3 N–H and O–H groups in total. The zero-order valence-electron chi connectivity index (χ0n) is 11.8. The third kappa shape index (κ3) is 3.90. The van der Waals surface area contributed by atoms with Gasteiger partial charge in [-0.2, -0.15) is 5.10 Å². The van der Waals surface area contributed by atoms with Crippen LogP contribution in [-0.2, 0) is 6.54 Å². The van der Waals surface area contributed by atoms with Crippen LogP contribution in [0.4, 0.5) is 5.82 Å². The zero-order chi connectivity index (χ0) is 15.4. The maximum Gasteiger partial charge on any atom is 0.353 e. The van der Waals surface area contributed by atoms with Crippen LogP contribution in [0.25, 0.3) is 0 Å². The van der Waals surface area contributed by atoms with Gasteiger partial charge in [0.05, 0.1) is 0 Å². The monoisotopic (exact) mass is 288 g/mol. The molecule has 1 amide bonds. The number of nitrogens with zero attached hydrogens (tertiary/aromatic N) is 2. The van der Waals surface area contributed by atoms with Crippen LogP contribution in [-0.4, -0.2) is 46.2 Å². The molecule has 0 saturated heterocycles. The van der Waals surface area contributed by atoms with Crippen molar-refractivity contribution >= 4 is 17.7 Å². The summed E-state index contributed by atoms with van der Waals surface area (Å²) in [4.78, 5) is 24.7. The summed E-state index contributed by atoms with van der Waals surface area (Å²) in [6.07, 6.45) is 0. The van der Waals surface area contributed by atoms with Crippen LogP contribution in [0.3, 0.4) is 0 Å². The lowest BCUT2D eigenvalue weighted by Gasteiger charge is -2.09. The van der Waals surface area contributed by atoms with Gasteiger partial charge in [-0.05, 0) is 31.8 Å². The first-order valence-electron chi connectivity index (χ1n) is 6.29. The summed E-state index contributed by atoms with van der Waals surface area (Å²) in [5.41, 5.74) is 1.51. The number of carboxylic acid groups (broad SMARTS) is 1. The minimum Gasteiger partial charge on any atom is -0.477 e. The molecule has 1 aromatic heterocycles. The predicted octanol–water partition coefficient (Wildman–Crippen LogP) is 1.42. The first-order chi connectivity index (χ1) is 9.95. The summed E-state index contributed by atoms with van der Waals surface area (Å²) >= 11 is 0. The van der Waals surface area contributed by atoms with E-state index in [9.17, 15) is 9.59 Å². The van der Waals surface area contributed by atoms with Crippen molar-refractivity contribution in [1.82, 2.24) is 15.1 Å². The number of hydrogen-bond donors (Lipinski definition) is 3. The number of benzene rings is 1. The molecular weight excluding hydrogens is 272 g/mol. The second-order valence-corrected chi connectivity index (χ2v) is 4.86. The molecule has 0 atom stereocenters. The maximum atomic E-state index is 12.0. The number of carbonyl (C=O) groups is 2. The van der Waals surface area contributed by atoms with Gasteiger partial charge in [0, 0.05) is 18.2 Å². The number of aromatic amines is 1. The summed E-state index contributed by atoms with van der Waals surface area (Å²) < 4.78 is 0. The molecule has 0 aliphatic heterocycles. The molecule has 0 unspecified atom stereocenters. The van der Waals surface area contributed by atoms with Gasteiger partial charge in [0.15, 0.2) is 5.82 Å². The molecule has 7 heteroatoms. The second-order valence-electron chi connectivity index (χ2n) is 4.86. The van der Waals surface area contributed by atoms with Crippen molar-refractivity contribution in [3.63, 3.8) is 0 Å². The molecule has 2 aromatic rings. The van der Waals surface area contributed by atoms with Gasteiger partial charge in [-0.3, -0.25) is 9.89 Å². The van der Waals surface area contributed by atoms with E-state index in [1.54, 1.807) is 12.1 Å². The molecule has 0 spiro atoms. The highest BCUT2D eigenvalue weighted by Crippen LogP contribution is 2.10. The summed E-state index contributed by atoms with van der Waals surface area (Å²) in [6, 6.07) is 8.46. The van der Waals surface area contributed by atoms with Gasteiger partial charge in [0.1, 0.15) is 5.69 Å². The van der Waals surface area contributed by atoms with E-state index in [1.165, 1.54) is 6.07 Å². The third-order valence-electron chi connectivity index (χ3n) is 2.76. The van der Waals surface area contributed by atoms with Crippen molar-refractivity contribution in [2.24, 2.45) is 0 Å².